The van der Waals surface area contributed by atoms with E-state index in [1.54, 1.807) is 19.3 Å². The minimum absolute atomic E-state index is 0.249. The van der Waals surface area contributed by atoms with E-state index >= 15 is 0 Å². The summed E-state index contributed by atoms with van der Waals surface area (Å²) in [6, 6.07) is 1.54. The van der Waals surface area contributed by atoms with Crippen molar-refractivity contribution in [3.05, 3.63) is 30.2 Å². The molecule has 0 atom stereocenters. The third-order valence-corrected chi connectivity index (χ3v) is 1.49. The van der Waals surface area contributed by atoms with Gasteiger partial charge in [-0.15, -0.1) is 6.58 Å². The van der Waals surface area contributed by atoms with Crippen molar-refractivity contribution in [1.82, 2.24) is 10.5 Å². The van der Waals surface area contributed by atoms with Crippen molar-refractivity contribution in [3.8, 4) is 0 Å². The van der Waals surface area contributed by atoms with Gasteiger partial charge in [-0.1, -0.05) is 11.2 Å². The molecule has 0 aliphatic heterocycles. The third kappa shape index (κ3) is 2.70. The van der Waals surface area contributed by atoms with Gasteiger partial charge in [0.15, 0.2) is 11.5 Å². The Balaban J connectivity index is 2.57. The largest absolute Gasteiger partial charge is 0.377 e. The van der Waals surface area contributed by atoms with Crippen LogP contribution in [-0.4, -0.2) is 24.7 Å². The molecule has 0 spiro atoms. The molecule has 1 N–H and O–H groups in total. The van der Waals surface area contributed by atoms with Crippen molar-refractivity contribution in [1.29, 1.82) is 0 Å². The fourth-order valence-corrected chi connectivity index (χ4v) is 0.886. The molecule has 14 heavy (non-hydrogen) atoms. The lowest BCUT2D eigenvalue weighted by Crippen LogP contribution is -2.23. The second-order valence-electron chi connectivity index (χ2n) is 2.61. The van der Waals surface area contributed by atoms with Crippen molar-refractivity contribution in [2.75, 3.05) is 13.7 Å². The molecule has 1 aromatic heterocycles. The van der Waals surface area contributed by atoms with Crippen LogP contribution >= 0.6 is 0 Å². The molecule has 5 nitrogen and oxygen atoms in total. The Bertz CT molecular complexity index is 320. The van der Waals surface area contributed by atoms with Crippen LogP contribution in [-0.2, 0) is 11.3 Å². The van der Waals surface area contributed by atoms with Gasteiger partial charge in [-0.3, -0.25) is 4.79 Å². The summed E-state index contributed by atoms with van der Waals surface area (Å²) in [6.07, 6.45) is 1.59. The number of hydrogen-bond acceptors (Lipinski definition) is 4. The molecule has 0 radical (unpaired) electrons. The average molecular weight is 196 g/mol. The van der Waals surface area contributed by atoms with Crippen LogP contribution < -0.4 is 5.32 Å². The quantitative estimate of drug-likeness (QED) is 0.705. The molecular weight excluding hydrogens is 184 g/mol. The Labute approximate surface area is 81.7 Å². The minimum atomic E-state index is -0.281. The first-order valence-electron chi connectivity index (χ1n) is 4.11. The summed E-state index contributed by atoms with van der Waals surface area (Å²) in [7, 11) is 1.54. The van der Waals surface area contributed by atoms with E-state index in [9.17, 15) is 4.79 Å². The predicted octanol–water partition coefficient (Wildman–Crippen LogP) is 0.737. The Hall–Kier alpha value is -1.62. The van der Waals surface area contributed by atoms with E-state index in [0.717, 1.165) is 0 Å². The number of aromatic nitrogens is 1. The predicted molar refractivity (Wildman–Crippen MR) is 49.7 cm³/mol. The molecule has 0 unspecified atom stereocenters. The lowest BCUT2D eigenvalue weighted by atomic mass is 10.3. The molecule has 1 aromatic rings. The highest BCUT2D eigenvalue weighted by Crippen LogP contribution is 2.04. The Kier molecular flexibility index (Phi) is 3.87. The van der Waals surface area contributed by atoms with E-state index in [2.05, 4.69) is 17.1 Å². The van der Waals surface area contributed by atoms with Crippen molar-refractivity contribution < 1.29 is 14.1 Å². The van der Waals surface area contributed by atoms with E-state index < -0.39 is 0 Å². The molecule has 5 heteroatoms. The van der Waals surface area contributed by atoms with Gasteiger partial charge in [0.05, 0.1) is 0 Å². The number of carbonyl (C=O) groups is 1. The van der Waals surface area contributed by atoms with E-state index in [0.29, 0.717) is 18.9 Å². The summed E-state index contributed by atoms with van der Waals surface area (Å²) < 4.78 is 9.66. The van der Waals surface area contributed by atoms with Crippen LogP contribution in [0.5, 0.6) is 0 Å². The van der Waals surface area contributed by atoms with E-state index in [4.69, 9.17) is 9.26 Å². The Morgan fingerprint density at radius 1 is 1.86 bits per heavy atom. The first-order chi connectivity index (χ1) is 6.77. The summed E-state index contributed by atoms with van der Waals surface area (Å²) >= 11 is 0. The van der Waals surface area contributed by atoms with E-state index in [1.807, 2.05) is 0 Å². The van der Waals surface area contributed by atoms with Crippen LogP contribution in [0.4, 0.5) is 0 Å². The SMILES string of the molecule is C=CCNC(=O)c1cc(COC)on1. The molecule has 1 heterocycles. The molecule has 1 amide bonds. The number of nitrogens with one attached hydrogen (secondary N) is 1. The Morgan fingerprint density at radius 3 is 3.29 bits per heavy atom. The normalized spacial score (nSPS) is 9.79. The second-order valence-corrected chi connectivity index (χ2v) is 2.61. The zero-order valence-corrected chi connectivity index (χ0v) is 7.95. The maximum Gasteiger partial charge on any atom is 0.273 e. The molecule has 0 aliphatic carbocycles. The number of rotatable bonds is 5. The fraction of sp³-hybridized carbons (Fsp3) is 0.333. The maximum absolute atomic E-state index is 11.3. The maximum atomic E-state index is 11.3. The van der Waals surface area contributed by atoms with Crippen molar-refractivity contribution in [2.45, 2.75) is 6.61 Å². The standard InChI is InChI=1S/C9H12N2O3/c1-3-4-10-9(12)8-5-7(6-13-2)14-11-8/h3,5H,1,4,6H2,2H3,(H,10,12). The van der Waals surface area contributed by atoms with E-state index in [-0.39, 0.29) is 11.6 Å². The molecule has 1 rings (SSSR count). The first kappa shape index (κ1) is 10.5. The fourth-order valence-electron chi connectivity index (χ4n) is 0.886. The molecule has 0 fully saturated rings. The van der Waals surface area contributed by atoms with Gasteiger partial charge < -0.3 is 14.6 Å². The monoisotopic (exact) mass is 196 g/mol. The second kappa shape index (κ2) is 5.18. The van der Waals surface area contributed by atoms with Gasteiger partial charge in [-0.05, 0) is 0 Å². The number of hydrogen-bond donors (Lipinski definition) is 1. The summed E-state index contributed by atoms with van der Waals surface area (Å²) in [5, 5.41) is 6.17. The van der Waals surface area contributed by atoms with Gasteiger partial charge in [0.25, 0.3) is 5.91 Å². The van der Waals surface area contributed by atoms with Crippen LogP contribution in [0, 0.1) is 0 Å². The number of ether oxygens (including phenoxy) is 1. The highest BCUT2D eigenvalue weighted by Gasteiger charge is 2.10. The Morgan fingerprint density at radius 2 is 2.64 bits per heavy atom. The van der Waals surface area contributed by atoms with Crippen LogP contribution in [0.25, 0.3) is 0 Å². The third-order valence-electron chi connectivity index (χ3n) is 1.49. The van der Waals surface area contributed by atoms with Gasteiger partial charge in [-0.25, -0.2) is 0 Å². The van der Waals surface area contributed by atoms with Crippen LogP contribution in [0.2, 0.25) is 0 Å². The first-order valence-corrected chi connectivity index (χ1v) is 4.11. The number of nitrogens with zero attached hydrogens (tertiary/aromatic N) is 1. The summed E-state index contributed by atoms with van der Waals surface area (Å²) in [4.78, 5) is 11.3. The molecule has 0 bridgehead atoms. The minimum Gasteiger partial charge on any atom is -0.377 e. The zero-order valence-electron chi connectivity index (χ0n) is 7.95. The lowest BCUT2D eigenvalue weighted by Gasteiger charge is -1.95. The van der Waals surface area contributed by atoms with Crippen molar-refractivity contribution >= 4 is 5.91 Å². The van der Waals surface area contributed by atoms with E-state index in [1.165, 1.54) is 0 Å². The highest BCUT2D eigenvalue weighted by atomic mass is 16.5. The van der Waals surface area contributed by atoms with Gasteiger partial charge in [0, 0.05) is 19.7 Å². The number of amides is 1. The van der Waals surface area contributed by atoms with Crippen LogP contribution in [0.3, 0.4) is 0 Å². The van der Waals surface area contributed by atoms with Gasteiger partial charge in [-0.2, -0.15) is 0 Å². The molecule has 0 aromatic carbocycles. The summed E-state index contributed by atoms with van der Waals surface area (Å²) in [6.45, 7) is 4.20. The van der Waals surface area contributed by atoms with Gasteiger partial charge in [0.2, 0.25) is 0 Å². The number of carbonyl (C=O) groups excluding carboxylic acids is 1. The van der Waals surface area contributed by atoms with Crippen LogP contribution in [0.1, 0.15) is 16.2 Å². The molecule has 0 saturated heterocycles. The average Bonchev–Trinajstić information content (AvgIpc) is 2.63. The molecule has 0 aliphatic rings. The highest BCUT2D eigenvalue weighted by molar-refractivity contribution is 5.92. The number of methoxy groups -OCH3 is 1. The summed E-state index contributed by atoms with van der Waals surface area (Å²) in [5.41, 5.74) is 0.249. The lowest BCUT2D eigenvalue weighted by molar-refractivity contribution is 0.0948. The topological polar surface area (TPSA) is 64.4 Å². The van der Waals surface area contributed by atoms with Crippen molar-refractivity contribution in [3.63, 3.8) is 0 Å². The zero-order chi connectivity index (χ0) is 10.4. The smallest absolute Gasteiger partial charge is 0.273 e. The molecule has 76 valence electrons. The van der Waals surface area contributed by atoms with Gasteiger partial charge in [0.1, 0.15) is 6.61 Å². The van der Waals surface area contributed by atoms with Crippen LogP contribution in [0.15, 0.2) is 23.2 Å². The molecular formula is C9H12N2O3. The van der Waals surface area contributed by atoms with Crippen molar-refractivity contribution in [2.24, 2.45) is 0 Å². The molecule has 0 saturated carbocycles. The summed E-state index contributed by atoms with van der Waals surface area (Å²) in [5.74, 6) is 0.243. The van der Waals surface area contributed by atoms with Gasteiger partial charge >= 0.3 is 0 Å².